The van der Waals surface area contributed by atoms with Crippen LogP contribution in [0.15, 0.2) is 24.3 Å². The van der Waals surface area contributed by atoms with E-state index in [1.807, 2.05) is 0 Å². The molecule has 1 saturated heterocycles. The zero-order chi connectivity index (χ0) is 17.6. The molecule has 0 spiro atoms. The van der Waals surface area contributed by atoms with Gasteiger partial charge in [0.15, 0.2) is 0 Å². The molecule has 4 nitrogen and oxygen atoms in total. The lowest BCUT2D eigenvalue weighted by molar-refractivity contribution is 0.0526. The van der Waals surface area contributed by atoms with Gasteiger partial charge in [-0.3, -0.25) is 0 Å². The summed E-state index contributed by atoms with van der Waals surface area (Å²) in [6.45, 7) is 5.43. The standard InChI is InChI=1S/C10H12O3.C10H20O/c1-3-13-10(11)8-5-4-6-9(7-8)12-2;1-2-3-4-5-7-10-8-6-9-11-10/h4-7H,3H2,1-2H3;10H,2-9H2,1H3. The van der Waals surface area contributed by atoms with E-state index in [0.717, 1.165) is 6.61 Å². The van der Waals surface area contributed by atoms with Gasteiger partial charge >= 0.3 is 5.97 Å². The summed E-state index contributed by atoms with van der Waals surface area (Å²) >= 11 is 0. The number of rotatable bonds is 8. The van der Waals surface area contributed by atoms with Gasteiger partial charge < -0.3 is 14.2 Å². The minimum Gasteiger partial charge on any atom is -0.497 e. The number of unbranched alkanes of at least 4 members (excludes halogenated alkanes) is 3. The number of carbonyl (C=O) groups is 1. The first-order valence-corrected chi connectivity index (χ1v) is 9.14. The summed E-state index contributed by atoms with van der Waals surface area (Å²) < 4.78 is 15.3. The summed E-state index contributed by atoms with van der Waals surface area (Å²) in [5.74, 6) is 0.340. The molecule has 1 unspecified atom stereocenters. The van der Waals surface area contributed by atoms with Crippen molar-refractivity contribution in [1.29, 1.82) is 0 Å². The molecule has 0 aliphatic carbocycles. The minimum absolute atomic E-state index is 0.318. The van der Waals surface area contributed by atoms with Crippen LogP contribution in [-0.4, -0.2) is 32.4 Å². The monoisotopic (exact) mass is 336 g/mol. The molecule has 1 fully saturated rings. The van der Waals surface area contributed by atoms with Crippen LogP contribution in [0.4, 0.5) is 0 Å². The van der Waals surface area contributed by atoms with Crippen molar-refractivity contribution in [3.63, 3.8) is 0 Å². The lowest BCUT2D eigenvalue weighted by Gasteiger charge is -2.07. The molecule has 0 saturated carbocycles. The summed E-state index contributed by atoms with van der Waals surface area (Å²) in [5.41, 5.74) is 0.515. The van der Waals surface area contributed by atoms with Crippen LogP contribution in [0.5, 0.6) is 5.75 Å². The van der Waals surface area contributed by atoms with Crippen LogP contribution in [-0.2, 0) is 9.47 Å². The first-order chi connectivity index (χ1) is 11.7. The van der Waals surface area contributed by atoms with Crippen molar-refractivity contribution >= 4 is 5.97 Å². The van der Waals surface area contributed by atoms with Crippen LogP contribution >= 0.6 is 0 Å². The number of ether oxygens (including phenoxy) is 3. The van der Waals surface area contributed by atoms with E-state index in [0.29, 0.717) is 24.0 Å². The second-order valence-corrected chi connectivity index (χ2v) is 5.94. The Morgan fingerprint density at radius 3 is 2.71 bits per heavy atom. The largest absolute Gasteiger partial charge is 0.497 e. The van der Waals surface area contributed by atoms with Crippen molar-refractivity contribution in [2.45, 2.75) is 64.9 Å². The maximum absolute atomic E-state index is 11.2. The molecular formula is C20H32O4. The van der Waals surface area contributed by atoms with Crippen molar-refractivity contribution in [2.75, 3.05) is 20.3 Å². The van der Waals surface area contributed by atoms with Crippen molar-refractivity contribution < 1.29 is 19.0 Å². The lowest BCUT2D eigenvalue weighted by Crippen LogP contribution is -2.04. The van der Waals surface area contributed by atoms with Crippen molar-refractivity contribution in [3.05, 3.63) is 29.8 Å². The summed E-state index contributed by atoms with van der Waals surface area (Å²) in [6, 6.07) is 6.88. The molecule has 1 atom stereocenters. The van der Waals surface area contributed by atoms with Gasteiger partial charge in [0, 0.05) is 6.61 Å². The first-order valence-electron chi connectivity index (χ1n) is 9.14. The fourth-order valence-electron chi connectivity index (χ4n) is 2.64. The zero-order valence-corrected chi connectivity index (χ0v) is 15.4. The summed E-state index contributed by atoms with van der Waals surface area (Å²) in [4.78, 5) is 11.2. The van der Waals surface area contributed by atoms with E-state index in [4.69, 9.17) is 14.2 Å². The number of hydrogen-bond acceptors (Lipinski definition) is 4. The van der Waals surface area contributed by atoms with Crippen LogP contribution in [0.2, 0.25) is 0 Å². The van der Waals surface area contributed by atoms with Gasteiger partial charge in [0.1, 0.15) is 5.75 Å². The highest BCUT2D eigenvalue weighted by Gasteiger charge is 2.13. The van der Waals surface area contributed by atoms with E-state index in [9.17, 15) is 4.79 Å². The third kappa shape index (κ3) is 8.34. The molecule has 1 aliphatic rings. The molecule has 2 rings (SSSR count). The first kappa shape index (κ1) is 20.5. The summed E-state index contributed by atoms with van der Waals surface area (Å²) in [7, 11) is 1.56. The Hall–Kier alpha value is -1.55. The normalized spacial score (nSPS) is 16.2. The van der Waals surface area contributed by atoms with E-state index in [2.05, 4.69) is 6.92 Å². The molecule has 0 amide bonds. The fourth-order valence-corrected chi connectivity index (χ4v) is 2.64. The number of benzene rings is 1. The van der Waals surface area contributed by atoms with E-state index in [1.165, 1.54) is 44.9 Å². The van der Waals surface area contributed by atoms with Gasteiger partial charge in [-0.1, -0.05) is 38.7 Å². The van der Waals surface area contributed by atoms with E-state index in [1.54, 1.807) is 38.3 Å². The Labute approximate surface area is 146 Å². The topological polar surface area (TPSA) is 44.8 Å². The average Bonchev–Trinajstić information content (AvgIpc) is 3.13. The number of esters is 1. The van der Waals surface area contributed by atoms with Crippen LogP contribution in [0.25, 0.3) is 0 Å². The highest BCUT2D eigenvalue weighted by molar-refractivity contribution is 5.89. The van der Waals surface area contributed by atoms with Gasteiger partial charge in [-0.05, 0) is 44.4 Å². The molecule has 1 heterocycles. The number of hydrogen-bond donors (Lipinski definition) is 0. The SMILES string of the molecule is CCCCCCC1CCCO1.CCOC(=O)c1cccc(OC)c1. The van der Waals surface area contributed by atoms with Crippen LogP contribution in [0.1, 0.15) is 69.2 Å². The quantitative estimate of drug-likeness (QED) is 0.494. The van der Waals surface area contributed by atoms with Gasteiger partial charge in [0.25, 0.3) is 0 Å². The predicted molar refractivity (Wildman–Crippen MR) is 96.7 cm³/mol. The molecular weight excluding hydrogens is 304 g/mol. The molecule has 136 valence electrons. The maximum atomic E-state index is 11.2. The van der Waals surface area contributed by atoms with Gasteiger partial charge in [-0.25, -0.2) is 4.79 Å². The molecule has 0 radical (unpaired) electrons. The molecule has 0 N–H and O–H groups in total. The van der Waals surface area contributed by atoms with Crippen molar-refractivity contribution in [1.82, 2.24) is 0 Å². The van der Waals surface area contributed by atoms with Gasteiger partial charge in [0.05, 0.1) is 25.4 Å². The average molecular weight is 336 g/mol. The van der Waals surface area contributed by atoms with E-state index >= 15 is 0 Å². The summed E-state index contributed by atoms with van der Waals surface area (Å²) in [5, 5.41) is 0. The smallest absolute Gasteiger partial charge is 0.338 e. The lowest BCUT2D eigenvalue weighted by atomic mass is 10.1. The second-order valence-electron chi connectivity index (χ2n) is 5.94. The van der Waals surface area contributed by atoms with Gasteiger partial charge in [0.2, 0.25) is 0 Å². The molecule has 0 aromatic heterocycles. The predicted octanol–water partition coefficient (Wildman–Crippen LogP) is 5.01. The fraction of sp³-hybridized carbons (Fsp3) is 0.650. The van der Waals surface area contributed by atoms with Crippen molar-refractivity contribution in [3.8, 4) is 5.75 Å². The van der Waals surface area contributed by atoms with E-state index in [-0.39, 0.29) is 5.97 Å². The molecule has 1 aromatic carbocycles. The molecule has 4 heteroatoms. The Morgan fingerprint density at radius 2 is 2.08 bits per heavy atom. The van der Waals surface area contributed by atoms with Crippen molar-refractivity contribution in [2.24, 2.45) is 0 Å². The van der Waals surface area contributed by atoms with Crippen LogP contribution < -0.4 is 4.74 Å². The van der Waals surface area contributed by atoms with Gasteiger partial charge in [-0.15, -0.1) is 0 Å². The Bertz CT molecular complexity index is 453. The third-order valence-electron chi connectivity index (χ3n) is 3.98. The Kier molecular flexibility index (Phi) is 10.9. The number of methoxy groups -OCH3 is 1. The van der Waals surface area contributed by atoms with E-state index < -0.39 is 0 Å². The minimum atomic E-state index is -0.318. The maximum Gasteiger partial charge on any atom is 0.338 e. The second kappa shape index (κ2) is 12.8. The molecule has 1 aromatic rings. The Balaban J connectivity index is 0.000000243. The number of carbonyl (C=O) groups excluding carboxylic acids is 1. The Morgan fingerprint density at radius 1 is 1.25 bits per heavy atom. The highest BCUT2D eigenvalue weighted by atomic mass is 16.5. The van der Waals surface area contributed by atoms with Crippen LogP contribution in [0, 0.1) is 0 Å². The molecule has 0 bridgehead atoms. The third-order valence-corrected chi connectivity index (χ3v) is 3.98. The summed E-state index contributed by atoms with van der Waals surface area (Å²) in [6.07, 6.45) is 10.0. The van der Waals surface area contributed by atoms with Crippen LogP contribution in [0.3, 0.4) is 0 Å². The molecule has 1 aliphatic heterocycles. The highest BCUT2D eigenvalue weighted by Crippen LogP contribution is 2.18. The zero-order valence-electron chi connectivity index (χ0n) is 15.4. The molecule has 24 heavy (non-hydrogen) atoms. The van der Waals surface area contributed by atoms with Gasteiger partial charge in [-0.2, -0.15) is 0 Å².